The van der Waals surface area contributed by atoms with Gasteiger partial charge in [0.25, 0.3) is 0 Å². The van der Waals surface area contributed by atoms with Gasteiger partial charge in [0.05, 0.1) is 6.54 Å². The molecular formula is C15H26N2O2. The van der Waals surface area contributed by atoms with Crippen LogP contribution in [0.4, 0.5) is 4.79 Å². The first-order valence-corrected chi connectivity index (χ1v) is 6.88. The summed E-state index contributed by atoms with van der Waals surface area (Å²) in [6.07, 6.45) is 7.13. The predicted molar refractivity (Wildman–Crippen MR) is 76.9 cm³/mol. The van der Waals surface area contributed by atoms with E-state index < -0.39 is 5.60 Å². The monoisotopic (exact) mass is 266 g/mol. The third-order valence-electron chi connectivity index (χ3n) is 3.21. The Hall–Kier alpha value is -1.21. The van der Waals surface area contributed by atoms with Gasteiger partial charge >= 0.3 is 6.09 Å². The van der Waals surface area contributed by atoms with E-state index >= 15 is 0 Å². The molecule has 0 spiro atoms. The van der Waals surface area contributed by atoms with E-state index in [1.807, 2.05) is 25.7 Å². The van der Waals surface area contributed by atoms with Crippen molar-refractivity contribution in [2.45, 2.75) is 46.1 Å². The Morgan fingerprint density at radius 3 is 2.79 bits per heavy atom. The molecule has 1 heterocycles. The van der Waals surface area contributed by atoms with Crippen LogP contribution in [0.3, 0.4) is 0 Å². The molecular weight excluding hydrogens is 240 g/mol. The molecule has 4 heteroatoms. The minimum atomic E-state index is -0.438. The maximum atomic E-state index is 12.1. The van der Waals surface area contributed by atoms with Crippen LogP contribution in [-0.4, -0.2) is 42.8 Å². The van der Waals surface area contributed by atoms with Crippen LogP contribution in [0.2, 0.25) is 0 Å². The molecule has 1 atom stereocenters. The second-order valence-corrected chi connectivity index (χ2v) is 6.62. The van der Waals surface area contributed by atoms with E-state index in [0.717, 1.165) is 32.5 Å². The van der Waals surface area contributed by atoms with Gasteiger partial charge in [-0.3, -0.25) is 0 Å². The Morgan fingerprint density at radius 2 is 2.21 bits per heavy atom. The molecule has 1 saturated heterocycles. The highest BCUT2D eigenvalue weighted by Gasteiger charge is 2.34. The molecule has 0 bridgehead atoms. The number of nitrogens with zero attached hydrogens (tertiary/aromatic N) is 1. The summed E-state index contributed by atoms with van der Waals surface area (Å²) in [6, 6.07) is 0. The Balaban J connectivity index is 2.54. The van der Waals surface area contributed by atoms with Gasteiger partial charge < -0.3 is 15.0 Å². The van der Waals surface area contributed by atoms with E-state index in [2.05, 4.69) is 18.2 Å². The molecule has 1 rings (SSSR count). The maximum Gasteiger partial charge on any atom is 0.410 e. The van der Waals surface area contributed by atoms with Gasteiger partial charge in [0, 0.05) is 19.6 Å². The van der Waals surface area contributed by atoms with Crippen LogP contribution in [0, 0.1) is 17.8 Å². The van der Waals surface area contributed by atoms with Gasteiger partial charge in [0.1, 0.15) is 5.60 Å². The fraction of sp³-hybridized carbons (Fsp3) is 0.800. The summed E-state index contributed by atoms with van der Waals surface area (Å²) >= 11 is 0. The quantitative estimate of drug-likeness (QED) is 0.629. The highest BCUT2D eigenvalue weighted by molar-refractivity contribution is 5.68. The fourth-order valence-electron chi connectivity index (χ4n) is 2.38. The number of terminal acetylenes is 1. The van der Waals surface area contributed by atoms with Gasteiger partial charge in [-0.1, -0.05) is 12.8 Å². The highest BCUT2D eigenvalue weighted by Crippen LogP contribution is 2.29. The normalized spacial score (nSPS) is 23.8. The summed E-state index contributed by atoms with van der Waals surface area (Å²) in [5.74, 6) is 2.57. The lowest BCUT2D eigenvalue weighted by Gasteiger charge is -2.40. The third kappa shape index (κ3) is 5.52. The van der Waals surface area contributed by atoms with Crippen LogP contribution in [0.15, 0.2) is 0 Å². The Kier molecular flexibility index (Phi) is 5.25. The van der Waals surface area contributed by atoms with Gasteiger partial charge in [-0.25, -0.2) is 4.79 Å². The second kappa shape index (κ2) is 6.29. The SMILES string of the molecule is C#CCNCC1(C)CCCN(C(=O)OC(C)(C)C)C1. The van der Waals surface area contributed by atoms with Crippen LogP contribution in [0.25, 0.3) is 0 Å². The molecule has 1 N–H and O–H groups in total. The summed E-state index contributed by atoms with van der Waals surface area (Å²) in [4.78, 5) is 13.9. The van der Waals surface area contributed by atoms with E-state index in [0.29, 0.717) is 6.54 Å². The molecule has 108 valence electrons. The Morgan fingerprint density at radius 1 is 1.53 bits per heavy atom. The molecule has 0 aromatic rings. The van der Waals surface area contributed by atoms with Crippen molar-refractivity contribution in [1.29, 1.82) is 0 Å². The molecule has 1 amide bonds. The van der Waals surface area contributed by atoms with Crippen LogP contribution >= 0.6 is 0 Å². The van der Waals surface area contributed by atoms with Crippen LogP contribution in [0.5, 0.6) is 0 Å². The molecule has 0 aromatic heterocycles. The van der Waals surface area contributed by atoms with Gasteiger partial charge in [-0.05, 0) is 39.0 Å². The summed E-state index contributed by atoms with van der Waals surface area (Å²) < 4.78 is 5.43. The lowest BCUT2D eigenvalue weighted by atomic mass is 9.82. The molecule has 19 heavy (non-hydrogen) atoms. The maximum absolute atomic E-state index is 12.1. The largest absolute Gasteiger partial charge is 0.444 e. The first kappa shape index (κ1) is 15.8. The highest BCUT2D eigenvalue weighted by atomic mass is 16.6. The van der Waals surface area contributed by atoms with Crippen molar-refractivity contribution in [3.05, 3.63) is 0 Å². The Bertz CT molecular complexity index is 354. The molecule has 1 unspecified atom stereocenters. The number of likely N-dealkylation sites (tertiary alicyclic amines) is 1. The second-order valence-electron chi connectivity index (χ2n) is 6.62. The van der Waals surface area contributed by atoms with Crippen molar-refractivity contribution in [2.24, 2.45) is 5.41 Å². The first-order valence-electron chi connectivity index (χ1n) is 6.88. The number of carbonyl (C=O) groups is 1. The van der Waals surface area contributed by atoms with Crippen LogP contribution in [-0.2, 0) is 4.74 Å². The zero-order chi connectivity index (χ0) is 14.5. The smallest absolute Gasteiger partial charge is 0.410 e. The average Bonchev–Trinajstić information content (AvgIpc) is 2.27. The molecule has 0 saturated carbocycles. The minimum absolute atomic E-state index is 0.0754. The van der Waals surface area contributed by atoms with E-state index in [4.69, 9.17) is 11.2 Å². The minimum Gasteiger partial charge on any atom is -0.444 e. The lowest BCUT2D eigenvalue weighted by Crippen LogP contribution is -2.50. The number of hydrogen-bond acceptors (Lipinski definition) is 3. The summed E-state index contributed by atoms with van der Waals surface area (Å²) in [7, 11) is 0. The molecule has 0 aliphatic carbocycles. The number of ether oxygens (including phenoxy) is 1. The van der Waals surface area contributed by atoms with E-state index in [1.54, 1.807) is 0 Å². The zero-order valence-electron chi connectivity index (χ0n) is 12.6. The van der Waals surface area contributed by atoms with Crippen molar-refractivity contribution in [3.63, 3.8) is 0 Å². The number of hydrogen-bond donors (Lipinski definition) is 1. The molecule has 0 radical (unpaired) electrons. The van der Waals surface area contributed by atoms with Gasteiger partial charge in [0.2, 0.25) is 0 Å². The molecule has 1 aliphatic rings. The summed E-state index contributed by atoms with van der Waals surface area (Å²) in [5, 5.41) is 3.24. The summed E-state index contributed by atoms with van der Waals surface area (Å²) in [5.41, 5.74) is -0.362. The van der Waals surface area contributed by atoms with Crippen molar-refractivity contribution < 1.29 is 9.53 Å². The number of carbonyl (C=O) groups excluding carboxylic acids is 1. The van der Waals surface area contributed by atoms with Crippen molar-refractivity contribution in [3.8, 4) is 12.3 Å². The van der Waals surface area contributed by atoms with Crippen LogP contribution in [0.1, 0.15) is 40.5 Å². The molecule has 0 aromatic carbocycles. The number of amides is 1. The third-order valence-corrected chi connectivity index (χ3v) is 3.21. The number of piperidine rings is 1. The number of nitrogens with one attached hydrogen (secondary N) is 1. The number of rotatable bonds is 3. The van der Waals surface area contributed by atoms with E-state index in [-0.39, 0.29) is 11.5 Å². The topological polar surface area (TPSA) is 41.6 Å². The lowest BCUT2D eigenvalue weighted by molar-refractivity contribution is 0.00693. The molecule has 4 nitrogen and oxygen atoms in total. The van der Waals surface area contributed by atoms with Crippen molar-refractivity contribution in [1.82, 2.24) is 10.2 Å². The van der Waals surface area contributed by atoms with E-state index in [9.17, 15) is 4.79 Å². The predicted octanol–water partition coefficient (Wildman–Crippen LogP) is 2.25. The molecule has 1 aliphatic heterocycles. The standard InChI is InChI=1S/C15H26N2O2/c1-6-9-16-11-15(5)8-7-10-17(12-15)13(18)19-14(2,3)4/h1,16H,7-12H2,2-5H3. The van der Waals surface area contributed by atoms with E-state index in [1.165, 1.54) is 0 Å². The molecule has 1 fully saturated rings. The van der Waals surface area contributed by atoms with Crippen molar-refractivity contribution >= 4 is 6.09 Å². The fourth-order valence-corrected chi connectivity index (χ4v) is 2.38. The first-order chi connectivity index (χ1) is 8.76. The van der Waals surface area contributed by atoms with Crippen LogP contribution < -0.4 is 5.32 Å². The van der Waals surface area contributed by atoms with Crippen molar-refractivity contribution in [2.75, 3.05) is 26.2 Å². The summed E-state index contributed by atoms with van der Waals surface area (Å²) in [6.45, 7) is 10.8. The van der Waals surface area contributed by atoms with Gasteiger partial charge in [-0.2, -0.15) is 0 Å². The van der Waals surface area contributed by atoms with Gasteiger partial charge in [-0.15, -0.1) is 6.42 Å². The van der Waals surface area contributed by atoms with Gasteiger partial charge in [0.15, 0.2) is 0 Å². The Labute approximate surface area is 116 Å². The zero-order valence-corrected chi connectivity index (χ0v) is 12.6. The average molecular weight is 266 g/mol.